The van der Waals surface area contributed by atoms with E-state index < -0.39 is 23.9 Å². The van der Waals surface area contributed by atoms with Gasteiger partial charge >= 0.3 is 5.97 Å². The number of nitrogens with zero attached hydrogens (tertiary/aromatic N) is 1. The fourth-order valence-electron chi connectivity index (χ4n) is 1.61. The van der Waals surface area contributed by atoms with E-state index in [1.165, 1.54) is 6.92 Å². The van der Waals surface area contributed by atoms with Crippen molar-refractivity contribution in [2.45, 2.75) is 13.0 Å². The lowest BCUT2D eigenvalue weighted by molar-refractivity contribution is -0.150. The number of aliphatic carboxylic acids is 1. The Morgan fingerprint density at radius 2 is 1.78 bits per heavy atom. The van der Waals surface area contributed by atoms with Crippen molar-refractivity contribution in [2.24, 2.45) is 0 Å². The van der Waals surface area contributed by atoms with Crippen molar-refractivity contribution in [3.05, 3.63) is 35.4 Å². The van der Waals surface area contributed by atoms with E-state index in [-0.39, 0.29) is 6.73 Å². The minimum Gasteiger partial charge on any atom is -0.479 e. The molecule has 2 amide bonds. The second kappa shape index (κ2) is 4.58. The van der Waals surface area contributed by atoms with Crippen LogP contribution in [0.2, 0.25) is 0 Å². The highest BCUT2D eigenvalue weighted by molar-refractivity contribution is 6.21. The van der Waals surface area contributed by atoms with Crippen LogP contribution in [0.1, 0.15) is 27.6 Å². The Hall–Kier alpha value is -2.21. The first-order valence-corrected chi connectivity index (χ1v) is 5.32. The van der Waals surface area contributed by atoms with Crippen LogP contribution in [0, 0.1) is 0 Å². The topological polar surface area (TPSA) is 83.9 Å². The number of imide groups is 1. The van der Waals surface area contributed by atoms with E-state index in [9.17, 15) is 14.4 Å². The molecule has 0 aliphatic carbocycles. The van der Waals surface area contributed by atoms with Gasteiger partial charge in [-0.05, 0) is 19.1 Å². The minimum atomic E-state index is -1.15. The van der Waals surface area contributed by atoms with Gasteiger partial charge < -0.3 is 9.84 Å². The van der Waals surface area contributed by atoms with Crippen LogP contribution in [0.5, 0.6) is 0 Å². The van der Waals surface area contributed by atoms with Gasteiger partial charge in [0.15, 0.2) is 6.10 Å². The molecule has 1 heterocycles. The molecule has 1 aromatic rings. The van der Waals surface area contributed by atoms with Crippen molar-refractivity contribution in [3.63, 3.8) is 0 Å². The molecule has 0 saturated carbocycles. The highest BCUT2D eigenvalue weighted by Gasteiger charge is 2.35. The van der Waals surface area contributed by atoms with Crippen molar-refractivity contribution >= 4 is 17.8 Å². The van der Waals surface area contributed by atoms with Crippen LogP contribution in [0.3, 0.4) is 0 Å². The Balaban J connectivity index is 2.12. The number of ether oxygens (including phenoxy) is 1. The van der Waals surface area contributed by atoms with Gasteiger partial charge in [-0.3, -0.25) is 9.59 Å². The van der Waals surface area contributed by atoms with Crippen LogP contribution in [-0.4, -0.2) is 40.6 Å². The molecule has 18 heavy (non-hydrogen) atoms. The average molecular weight is 249 g/mol. The third kappa shape index (κ3) is 1.98. The first kappa shape index (κ1) is 12.3. The van der Waals surface area contributed by atoms with Gasteiger partial charge in [0.2, 0.25) is 0 Å². The van der Waals surface area contributed by atoms with E-state index >= 15 is 0 Å². The van der Waals surface area contributed by atoms with E-state index in [0.29, 0.717) is 11.1 Å². The number of carbonyl (C=O) groups excluding carboxylic acids is 2. The zero-order chi connectivity index (χ0) is 13.3. The summed E-state index contributed by atoms with van der Waals surface area (Å²) in [5.74, 6) is -2.08. The van der Waals surface area contributed by atoms with Crippen LogP contribution in [0.15, 0.2) is 24.3 Å². The predicted octanol–water partition coefficient (Wildman–Crippen LogP) is 0.730. The zero-order valence-corrected chi connectivity index (χ0v) is 9.62. The maximum atomic E-state index is 11.9. The van der Waals surface area contributed by atoms with Crippen LogP contribution >= 0.6 is 0 Å². The number of carbonyl (C=O) groups is 3. The van der Waals surface area contributed by atoms with Crippen LogP contribution in [0.25, 0.3) is 0 Å². The summed E-state index contributed by atoms with van der Waals surface area (Å²) in [5.41, 5.74) is 0.628. The molecular formula is C12H11NO5. The Morgan fingerprint density at radius 3 is 2.22 bits per heavy atom. The molecule has 6 nitrogen and oxygen atoms in total. The number of carboxylic acids is 1. The molecule has 1 aliphatic heterocycles. The summed E-state index contributed by atoms with van der Waals surface area (Å²) in [6, 6.07) is 6.43. The normalized spacial score (nSPS) is 15.7. The lowest BCUT2D eigenvalue weighted by Crippen LogP contribution is -2.35. The number of hydrogen-bond acceptors (Lipinski definition) is 4. The largest absolute Gasteiger partial charge is 0.479 e. The lowest BCUT2D eigenvalue weighted by Gasteiger charge is -2.15. The molecular weight excluding hydrogens is 238 g/mol. The molecule has 0 saturated heterocycles. The summed E-state index contributed by atoms with van der Waals surface area (Å²) in [6.07, 6.45) is -1.07. The summed E-state index contributed by atoms with van der Waals surface area (Å²) < 4.78 is 4.94. The van der Waals surface area contributed by atoms with Crippen molar-refractivity contribution in [1.82, 2.24) is 4.90 Å². The van der Waals surface area contributed by atoms with Crippen LogP contribution in [0.4, 0.5) is 0 Å². The molecule has 1 aliphatic rings. The number of fused-ring (bicyclic) bond motifs is 1. The smallest absolute Gasteiger partial charge is 0.332 e. The maximum Gasteiger partial charge on any atom is 0.332 e. The van der Waals surface area contributed by atoms with Crippen molar-refractivity contribution in [2.75, 3.05) is 6.73 Å². The molecule has 0 aromatic heterocycles. The van der Waals surface area contributed by atoms with Gasteiger partial charge in [-0.15, -0.1) is 0 Å². The monoisotopic (exact) mass is 249 g/mol. The summed E-state index contributed by atoms with van der Waals surface area (Å²) in [7, 11) is 0. The molecule has 0 fully saturated rings. The average Bonchev–Trinajstić information content (AvgIpc) is 2.60. The van der Waals surface area contributed by atoms with Crippen molar-refractivity contribution in [1.29, 1.82) is 0 Å². The summed E-state index contributed by atoms with van der Waals surface area (Å²) >= 11 is 0. The first-order valence-electron chi connectivity index (χ1n) is 5.32. The minimum absolute atomic E-state index is 0.314. The van der Waals surface area contributed by atoms with E-state index in [2.05, 4.69) is 0 Å². The standard InChI is InChI=1S/C12H11NO5/c1-7(12(16)17)18-6-13-10(14)8-4-2-3-5-9(8)11(13)15/h2-5,7H,6H2,1H3,(H,16,17)/t7-/m1/s1. The Labute approximate surface area is 103 Å². The third-order valence-electron chi connectivity index (χ3n) is 2.68. The second-order valence-electron chi connectivity index (χ2n) is 3.86. The van der Waals surface area contributed by atoms with Crippen LogP contribution in [-0.2, 0) is 9.53 Å². The number of benzene rings is 1. The molecule has 0 spiro atoms. The van der Waals surface area contributed by atoms with Crippen molar-refractivity contribution < 1.29 is 24.2 Å². The summed E-state index contributed by atoms with van der Waals surface area (Å²) in [5, 5.41) is 8.65. The van der Waals surface area contributed by atoms with E-state index in [1.54, 1.807) is 24.3 Å². The zero-order valence-electron chi connectivity index (χ0n) is 9.62. The lowest BCUT2D eigenvalue weighted by atomic mass is 10.1. The Morgan fingerprint density at radius 1 is 1.28 bits per heavy atom. The molecule has 6 heteroatoms. The van der Waals surface area contributed by atoms with Gasteiger partial charge in [-0.1, -0.05) is 12.1 Å². The van der Waals surface area contributed by atoms with Gasteiger partial charge in [0.05, 0.1) is 11.1 Å². The molecule has 2 rings (SSSR count). The van der Waals surface area contributed by atoms with E-state index in [1.807, 2.05) is 0 Å². The number of hydrogen-bond donors (Lipinski definition) is 1. The Kier molecular flexibility index (Phi) is 3.12. The highest BCUT2D eigenvalue weighted by atomic mass is 16.5. The van der Waals surface area contributed by atoms with Gasteiger partial charge in [0, 0.05) is 0 Å². The number of rotatable bonds is 4. The SMILES string of the molecule is C[C@@H](OCN1C(=O)c2ccccc2C1=O)C(=O)O. The van der Waals surface area contributed by atoms with Gasteiger partial charge in [-0.2, -0.15) is 0 Å². The van der Waals surface area contributed by atoms with Crippen molar-refractivity contribution in [3.8, 4) is 0 Å². The highest BCUT2D eigenvalue weighted by Crippen LogP contribution is 2.22. The molecule has 1 aromatic carbocycles. The van der Waals surface area contributed by atoms with E-state index in [0.717, 1.165) is 4.90 Å². The third-order valence-corrected chi connectivity index (χ3v) is 2.68. The summed E-state index contributed by atoms with van der Waals surface area (Å²) in [6.45, 7) is 0.973. The van der Waals surface area contributed by atoms with Gasteiger partial charge in [-0.25, -0.2) is 9.69 Å². The first-order chi connectivity index (χ1) is 8.52. The summed E-state index contributed by atoms with van der Waals surface area (Å²) in [4.78, 5) is 35.2. The molecule has 1 atom stereocenters. The fourth-order valence-corrected chi connectivity index (χ4v) is 1.61. The number of carboxylic acid groups (broad SMARTS) is 1. The quantitative estimate of drug-likeness (QED) is 0.795. The molecule has 1 N–H and O–H groups in total. The predicted molar refractivity (Wildman–Crippen MR) is 60.0 cm³/mol. The van der Waals surface area contributed by atoms with Crippen LogP contribution < -0.4 is 0 Å². The number of amides is 2. The second-order valence-corrected chi connectivity index (χ2v) is 3.86. The molecule has 0 radical (unpaired) electrons. The van der Waals surface area contributed by atoms with Gasteiger partial charge in [0.1, 0.15) is 6.73 Å². The fraction of sp³-hybridized carbons (Fsp3) is 0.250. The van der Waals surface area contributed by atoms with Gasteiger partial charge in [0.25, 0.3) is 11.8 Å². The molecule has 0 unspecified atom stereocenters. The molecule has 0 bridgehead atoms. The maximum absolute atomic E-state index is 11.9. The van der Waals surface area contributed by atoms with E-state index in [4.69, 9.17) is 9.84 Å². The molecule has 94 valence electrons. The Bertz CT molecular complexity index is 490.